The predicted octanol–water partition coefficient (Wildman–Crippen LogP) is 3.55. The van der Waals surface area contributed by atoms with Gasteiger partial charge in [-0.1, -0.05) is 26.2 Å². The molecule has 106 valence electrons. The number of carboxylic acid groups (broad SMARTS) is 2. The first kappa shape index (κ1) is 16.9. The van der Waals surface area contributed by atoms with Gasteiger partial charge in [0.1, 0.15) is 0 Å². The van der Waals surface area contributed by atoms with Gasteiger partial charge in [-0.15, -0.1) is 0 Å². The summed E-state index contributed by atoms with van der Waals surface area (Å²) in [6, 6.07) is 0. The monoisotopic (exact) mass is 258 g/mol. The van der Waals surface area contributed by atoms with Crippen LogP contribution in [-0.2, 0) is 9.59 Å². The summed E-state index contributed by atoms with van der Waals surface area (Å²) in [4.78, 5) is 22.1. The van der Waals surface area contributed by atoms with Crippen LogP contribution in [0.3, 0.4) is 0 Å². The van der Waals surface area contributed by atoms with E-state index in [4.69, 9.17) is 5.11 Å². The molecule has 0 heterocycles. The summed E-state index contributed by atoms with van der Waals surface area (Å²) in [5.74, 6) is -1.54. The molecular weight excluding hydrogens is 232 g/mol. The van der Waals surface area contributed by atoms with E-state index in [1.807, 2.05) is 6.92 Å². The van der Waals surface area contributed by atoms with Gasteiger partial charge < -0.3 is 10.2 Å². The summed E-state index contributed by atoms with van der Waals surface area (Å²) in [5.41, 5.74) is -1.38. The van der Waals surface area contributed by atoms with Crippen LogP contribution in [0.2, 0.25) is 0 Å². The van der Waals surface area contributed by atoms with E-state index in [-0.39, 0.29) is 0 Å². The van der Waals surface area contributed by atoms with Crippen molar-refractivity contribution in [1.29, 1.82) is 0 Å². The van der Waals surface area contributed by atoms with Crippen LogP contribution in [0, 0.1) is 10.8 Å². The maximum absolute atomic E-state index is 11.2. The van der Waals surface area contributed by atoms with E-state index in [0.29, 0.717) is 19.3 Å². The van der Waals surface area contributed by atoms with Crippen LogP contribution in [-0.4, -0.2) is 22.2 Å². The van der Waals surface area contributed by atoms with Crippen molar-refractivity contribution in [2.24, 2.45) is 10.8 Å². The lowest BCUT2D eigenvalue weighted by molar-refractivity contribution is -0.149. The first-order valence-corrected chi connectivity index (χ1v) is 6.62. The van der Waals surface area contributed by atoms with Crippen molar-refractivity contribution in [1.82, 2.24) is 0 Å². The number of unbranched alkanes of at least 4 members (excludes halogenated alkanes) is 1. The molecule has 18 heavy (non-hydrogen) atoms. The van der Waals surface area contributed by atoms with Gasteiger partial charge >= 0.3 is 11.9 Å². The summed E-state index contributed by atoms with van der Waals surface area (Å²) in [6.07, 6.45) is 4.25. The smallest absolute Gasteiger partial charge is 0.309 e. The largest absolute Gasteiger partial charge is 0.481 e. The molecule has 1 unspecified atom stereocenters. The van der Waals surface area contributed by atoms with Crippen molar-refractivity contribution in [2.45, 2.75) is 66.2 Å². The van der Waals surface area contributed by atoms with Crippen LogP contribution in [0.4, 0.5) is 0 Å². The molecule has 0 saturated carbocycles. The third-order valence-corrected chi connectivity index (χ3v) is 3.68. The second-order valence-corrected chi connectivity index (χ2v) is 6.01. The molecule has 4 heteroatoms. The molecule has 0 radical (unpaired) electrons. The Morgan fingerprint density at radius 3 is 1.78 bits per heavy atom. The summed E-state index contributed by atoms with van der Waals surface area (Å²) in [7, 11) is 0. The van der Waals surface area contributed by atoms with Crippen LogP contribution < -0.4 is 0 Å². The highest BCUT2D eigenvalue weighted by Crippen LogP contribution is 2.32. The molecule has 0 bridgehead atoms. The summed E-state index contributed by atoms with van der Waals surface area (Å²) < 4.78 is 0. The normalized spacial score (nSPS) is 15.1. The highest BCUT2D eigenvalue weighted by molar-refractivity contribution is 5.74. The highest BCUT2D eigenvalue weighted by atomic mass is 16.4. The third kappa shape index (κ3) is 5.07. The van der Waals surface area contributed by atoms with Gasteiger partial charge in [-0.05, 0) is 40.0 Å². The van der Waals surface area contributed by atoms with E-state index in [2.05, 4.69) is 0 Å². The topological polar surface area (TPSA) is 74.6 Å². The SMILES string of the molecule is CCCC(C)(CCCCC(C)(C)C(=O)O)C(=O)O. The van der Waals surface area contributed by atoms with Crippen LogP contribution in [0.25, 0.3) is 0 Å². The molecule has 0 saturated heterocycles. The van der Waals surface area contributed by atoms with Gasteiger partial charge in [0.25, 0.3) is 0 Å². The van der Waals surface area contributed by atoms with E-state index >= 15 is 0 Å². The standard InChI is InChI=1S/C14H26O4/c1-5-8-14(4,12(17)18)10-7-6-9-13(2,3)11(15)16/h5-10H2,1-4H3,(H,15,16)(H,17,18). The highest BCUT2D eigenvalue weighted by Gasteiger charge is 2.32. The predicted molar refractivity (Wildman–Crippen MR) is 70.5 cm³/mol. The number of carbonyl (C=O) groups is 2. The van der Waals surface area contributed by atoms with Gasteiger partial charge in [-0.25, -0.2) is 0 Å². The first-order chi connectivity index (χ1) is 8.15. The Labute approximate surface area is 109 Å². The zero-order valence-corrected chi connectivity index (χ0v) is 12.0. The zero-order chi connectivity index (χ0) is 14.4. The minimum Gasteiger partial charge on any atom is -0.481 e. The van der Waals surface area contributed by atoms with Crippen molar-refractivity contribution in [3.05, 3.63) is 0 Å². The van der Waals surface area contributed by atoms with E-state index in [0.717, 1.165) is 19.3 Å². The number of carboxylic acids is 2. The van der Waals surface area contributed by atoms with E-state index in [9.17, 15) is 14.7 Å². The van der Waals surface area contributed by atoms with Gasteiger partial charge in [0.2, 0.25) is 0 Å². The molecule has 4 nitrogen and oxygen atoms in total. The van der Waals surface area contributed by atoms with Crippen LogP contribution in [0.5, 0.6) is 0 Å². The second kappa shape index (κ2) is 6.76. The minimum atomic E-state index is -0.794. The summed E-state index contributed by atoms with van der Waals surface area (Å²) in [5, 5.41) is 18.2. The lowest BCUT2D eigenvalue weighted by atomic mass is 9.79. The fraction of sp³-hybridized carbons (Fsp3) is 0.857. The first-order valence-electron chi connectivity index (χ1n) is 6.62. The maximum Gasteiger partial charge on any atom is 0.309 e. The maximum atomic E-state index is 11.2. The minimum absolute atomic E-state index is 0.587. The average Bonchev–Trinajstić information content (AvgIpc) is 2.24. The molecule has 0 aromatic carbocycles. The van der Waals surface area contributed by atoms with Gasteiger partial charge in [0, 0.05) is 0 Å². The number of hydrogen-bond acceptors (Lipinski definition) is 2. The van der Waals surface area contributed by atoms with Gasteiger partial charge in [0.15, 0.2) is 0 Å². The summed E-state index contributed by atoms with van der Waals surface area (Å²) in [6.45, 7) is 7.17. The molecule has 0 aliphatic carbocycles. The fourth-order valence-corrected chi connectivity index (χ4v) is 2.08. The van der Waals surface area contributed by atoms with Gasteiger partial charge in [-0.2, -0.15) is 0 Å². The summed E-state index contributed by atoms with van der Waals surface area (Å²) >= 11 is 0. The van der Waals surface area contributed by atoms with E-state index < -0.39 is 22.8 Å². The Balaban J connectivity index is 4.17. The van der Waals surface area contributed by atoms with E-state index in [1.54, 1.807) is 20.8 Å². The van der Waals surface area contributed by atoms with Crippen LogP contribution >= 0.6 is 0 Å². The Hall–Kier alpha value is -1.06. The molecule has 0 rings (SSSR count). The van der Waals surface area contributed by atoms with Crippen molar-refractivity contribution in [3.63, 3.8) is 0 Å². The quantitative estimate of drug-likeness (QED) is 0.620. The molecule has 0 aliphatic heterocycles. The number of aliphatic carboxylic acids is 2. The van der Waals surface area contributed by atoms with Crippen molar-refractivity contribution < 1.29 is 19.8 Å². The molecule has 0 spiro atoms. The Bertz CT molecular complexity index is 296. The Morgan fingerprint density at radius 1 is 0.889 bits per heavy atom. The molecule has 0 aromatic heterocycles. The zero-order valence-electron chi connectivity index (χ0n) is 12.0. The van der Waals surface area contributed by atoms with Crippen molar-refractivity contribution >= 4 is 11.9 Å². The average molecular weight is 258 g/mol. The Kier molecular flexibility index (Phi) is 6.36. The second-order valence-electron chi connectivity index (χ2n) is 6.01. The van der Waals surface area contributed by atoms with E-state index in [1.165, 1.54) is 0 Å². The van der Waals surface area contributed by atoms with Gasteiger partial charge in [-0.3, -0.25) is 9.59 Å². The number of hydrogen-bond donors (Lipinski definition) is 2. The molecule has 1 atom stereocenters. The van der Waals surface area contributed by atoms with Crippen molar-refractivity contribution in [3.8, 4) is 0 Å². The van der Waals surface area contributed by atoms with Crippen LogP contribution in [0.15, 0.2) is 0 Å². The molecule has 0 fully saturated rings. The molecule has 0 aliphatic rings. The van der Waals surface area contributed by atoms with Crippen molar-refractivity contribution in [2.75, 3.05) is 0 Å². The molecule has 2 N–H and O–H groups in total. The fourth-order valence-electron chi connectivity index (χ4n) is 2.08. The van der Waals surface area contributed by atoms with Gasteiger partial charge in [0.05, 0.1) is 10.8 Å². The molecular formula is C14H26O4. The third-order valence-electron chi connectivity index (χ3n) is 3.68. The Morgan fingerprint density at radius 2 is 1.39 bits per heavy atom. The lowest BCUT2D eigenvalue weighted by Crippen LogP contribution is -2.28. The molecule has 0 aromatic rings. The lowest BCUT2D eigenvalue weighted by Gasteiger charge is -2.25. The molecule has 0 amide bonds. The number of rotatable bonds is 9. The van der Waals surface area contributed by atoms with Crippen LogP contribution in [0.1, 0.15) is 66.2 Å².